The number of hydrogen-bond acceptors (Lipinski definition) is 3. The second kappa shape index (κ2) is 4.45. The van der Waals surface area contributed by atoms with Crippen LogP contribution in [0.2, 0.25) is 0 Å². The van der Waals surface area contributed by atoms with Gasteiger partial charge in [0.1, 0.15) is 0 Å². The molecule has 1 aromatic rings. The molecule has 1 rings (SSSR count). The molecule has 0 aliphatic heterocycles. The summed E-state index contributed by atoms with van der Waals surface area (Å²) in [5.41, 5.74) is 4.12. The highest BCUT2D eigenvalue weighted by Crippen LogP contribution is 2.05. The molecule has 0 saturated heterocycles. The molecule has 1 aromatic carbocycles. The van der Waals surface area contributed by atoms with Gasteiger partial charge in [0.2, 0.25) is 0 Å². The Labute approximate surface area is 90.4 Å². The predicted octanol–water partition coefficient (Wildman–Crippen LogP) is 2.45. The van der Waals surface area contributed by atoms with Gasteiger partial charge in [-0.1, -0.05) is 17.7 Å². The summed E-state index contributed by atoms with van der Waals surface area (Å²) in [4.78, 5) is 16.5. The van der Waals surface area contributed by atoms with Crippen LogP contribution in [0, 0.1) is 6.92 Å². The molecule has 0 atom stereocenters. The molecule has 0 saturated carbocycles. The average molecular weight is 207 g/mol. The molecule has 0 amide bonds. The smallest absolute Gasteiger partial charge is 0.356 e. The molecule has 3 heteroatoms. The van der Waals surface area contributed by atoms with E-state index in [4.69, 9.17) is 4.84 Å². The minimum atomic E-state index is -0.357. The van der Waals surface area contributed by atoms with E-state index in [1.54, 1.807) is 12.1 Å². The summed E-state index contributed by atoms with van der Waals surface area (Å²) in [5, 5.41) is 0. The van der Waals surface area contributed by atoms with E-state index in [9.17, 15) is 4.79 Å². The highest BCUT2D eigenvalue weighted by Gasteiger charge is 2.13. The summed E-state index contributed by atoms with van der Waals surface area (Å²) >= 11 is 0. The Balaban J connectivity index is 2.58. The lowest BCUT2D eigenvalue weighted by molar-refractivity contribution is 0.00465. The molecule has 1 N–H and O–H groups in total. The third kappa shape index (κ3) is 4.13. The minimum absolute atomic E-state index is 0.236. The quantitative estimate of drug-likeness (QED) is 0.757. The first kappa shape index (κ1) is 11.7. The molecule has 0 heterocycles. The normalized spacial score (nSPS) is 11.2. The molecule has 0 fully saturated rings. The van der Waals surface area contributed by atoms with Gasteiger partial charge in [-0.05, 0) is 39.8 Å². The average Bonchev–Trinajstić information content (AvgIpc) is 2.14. The maximum absolute atomic E-state index is 11.5. The van der Waals surface area contributed by atoms with Gasteiger partial charge < -0.3 is 4.84 Å². The fourth-order valence-corrected chi connectivity index (χ4v) is 0.948. The molecule has 0 bridgehead atoms. The Morgan fingerprint density at radius 3 is 2.20 bits per heavy atom. The molecular formula is C12H17NO2. The van der Waals surface area contributed by atoms with Crippen molar-refractivity contribution in [3.63, 3.8) is 0 Å². The first-order valence-corrected chi connectivity index (χ1v) is 4.93. The Morgan fingerprint density at radius 2 is 1.73 bits per heavy atom. The van der Waals surface area contributed by atoms with E-state index >= 15 is 0 Å². The molecule has 82 valence electrons. The largest absolute Gasteiger partial charge is 0.366 e. The summed E-state index contributed by atoms with van der Waals surface area (Å²) in [5.74, 6) is -0.357. The molecule has 0 aliphatic carbocycles. The van der Waals surface area contributed by atoms with Crippen LogP contribution >= 0.6 is 0 Å². The van der Waals surface area contributed by atoms with Crippen molar-refractivity contribution in [2.75, 3.05) is 0 Å². The molecule has 0 unspecified atom stereocenters. The number of hydrogen-bond donors (Lipinski definition) is 1. The summed E-state index contributed by atoms with van der Waals surface area (Å²) in [7, 11) is 0. The van der Waals surface area contributed by atoms with Gasteiger partial charge >= 0.3 is 5.97 Å². The van der Waals surface area contributed by atoms with Gasteiger partial charge in [-0.2, -0.15) is 0 Å². The topological polar surface area (TPSA) is 38.3 Å². The summed E-state index contributed by atoms with van der Waals surface area (Å²) < 4.78 is 0. The lowest BCUT2D eigenvalue weighted by Gasteiger charge is -2.19. The minimum Gasteiger partial charge on any atom is -0.366 e. The Bertz CT molecular complexity index is 336. The van der Waals surface area contributed by atoms with E-state index in [2.05, 4.69) is 5.48 Å². The maximum atomic E-state index is 11.5. The zero-order chi connectivity index (χ0) is 11.5. The van der Waals surface area contributed by atoms with Crippen LogP contribution in [-0.4, -0.2) is 11.5 Å². The molecule has 0 aliphatic rings. The monoisotopic (exact) mass is 207 g/mol. The first-order chi connectivity index (χ1) is 6.88. The third-order valence-corrected chi connectivity index (χ3v) is 1.74. The molecular weight excluding hydrogens is 190 g/mol. The van der Waals surface area contributed by atoms with Crippen LogP contribution in [0.25, 0.3) is 0 Å². The van der Waals surface area contributed by atoms with Crippen molar-refractivity contribution in [1.82, 2.24) is 5.48 Å². The van der Waals surface area contributed by atoms with E-state index in [0.717, 1.165) is 5.56 Å². The fraction of sp³-hybridized carbons (Fsp3) is 0.417. The predicted molar refractivity (Wildman–Crippen MR) is 59.5 cm³/mol. The molecule has 0 aromatic heterocycles. The lowest BCUT2D eigenvalue weighted by Crippen LogP contribution is -2.37. The standard InChI is InChI=1S/C12H17NO2/c1-9-5-7-10(8-6-9)11(14)15-13-12(2,3)4/h5-8,13H,1-4H3. The van der Waals surface area contributed by atoms with Gasteiger partial charge in [-0.3, -0.25) is 0 Å². The van der Waals surface area contributed by atoms with E-state index in [0.29, 0.717) is 5.56 Å². The van der Waals surface area contributed by atoms with Crippen LogP contribution in [0.5, 0.6) is 0 Å². The fourth-order valence-electron chi connectivity index (χ4n) is 0.948. The number of carbonyl (C=O) groups excluding carboxylic acids is 1. The molecule has 0 spiro atoms. The van der Waals surface area contributed by atoms with Crippen molar-refractivity contribution in [3.8, 4) is 0 Å². The van der Waals surface area contributed by atoms with E-state index in [1.807, 2.05) is 39.8 Å². The van der Waals surface area contributed by atoms with E-state index in [1.165, 1.54) is 0 Å². The van der Waals surface area contributed by atoms with Crippen LogP contribution in [0.15, 0.2) is 24.3 Å². The van der Waals surface area contributed by atoms with Crippen molar-refractivity contribution < 1.29 is 9.63 Å². The van der Waals surface area contributed by atoms with Crippen LogP contribution in [0.1, 0.15) is 36.7 Å². The number of aryl methyl sites for hydroxylation is 1. The van der Waals surface area contributed by atoms with Crippen molar-refractivity contribution >= 4 is 5.97 Å². The zero-order valence-corrected chi connectivity index (χ0v) is 9.63. The van der Waals surface area contributed by atoms with Crippen LogP contribution < -0.4 is 5.48 Å². The van der Waals surface area contributed by atoms with Crippen molar-refractivity contribution in [1.29, 1.82) is 0 Å². The van der Waals surface area contributed by atoms with Gasteiger partial charge in [0.25, 0.3) is 0 Å². The van der Waals surface area contributed by atoms with Gasteiger partial charge in [-0.15, -0.1) is 5.48 Å². The van der Waals surface area contributed by atoms with Gasteiger partial charge in [0.05, 0.1) is 5.56 Å². The Morgan fingerprint density at radius 1 is 1.20 bits per heavy atom. The lowest BCUT2D eigenvalue weighted by atomic mass is 10.1. The van der Waals surface area contributed by atoms with E-state index in [-0.39, 0.29) is 11.5 Å². The van der Waals surface area contributed by atoms with Gasteiger partial charge in [-0.25, -0.2) is 4.79 Å². The first-order valence-electron chi connectivity index (χ1n) is 4.93. The maximum Gasteiger partial charge on any atom is 0.356 e. The zero-order valence-electron chi connectivity index (χ0n) is 9.63. The summed E-state index contributed by atoms with van der Waals surface area (Å²) in [6, 6.07) is 7.27. The SMILES string of the molecule is Cc1ccc(C(=O)ONC(C)(C)C)cc1. The van der Waals surface area contributed by atoms with Crippen molar-refractivity contribution in [2.24, 2.45) is 0 Å². The van der Waals surface area contributed by atoms with Gasteiger partial charge in [0.15, 0.2) is 0 Å². The summed E-state index contributed by atoms with van der Waals surface area (Å²) in [6.45, 7) is 7.75. The van der Waals surface area contributed by atoms with E-state index < -0.39 is 0 Å². The highest BCUT2D eigenvalue weighted by molar-refractivity contribution is 5.89. The van der Waals surface area contributed by atoms with Crippen molar-refractivity contribution in [2.45, 2.75) is 33.2 Å². The number of benzene rings is 1. The van der Waals surface area contributed by atoms with Crippen LogP contribution in [-0.2, 0) is 4.84 Å². The number of nitrogens with one attached hydrogen (secondary N) is 1. The number of carbonyl (C=O) groups is 1. The third-order valence-electron chi connectivity index (χ3n) is 1.74. The molecule has 3 nitrogen and oxygen atoms in total. The Kier molecular flexibility index (Phi) is 3.48. The van der Waals surface area contributed by atoms with Gasteiger partial charge in [0, 0.05) is 5.54 Å². The number of hydroxylamine groups is 1. The molecule has 15 heavy (non-hydrogen) atoms. The van der Waals surface area contributed by atoms with Crippen LogP contribution in [0.4, 0.5) is 0 Å². The van der Waals surface area contributed by atoms with Crippen molar-refractivity contribution in [3.05, 3.63) is 35.4 Å². The number of rotatable bonds is 2. The second-order valence-electron chi connectivity index (χ2n) is 4.61. The summed E-state index contributed by atoms with van der Waals surface area (Å²) in [6.07, 6.45) is 0. The molecule has 0 radical (unpaired) electrons. The van der Waals surface area contributed by atoms with Crippen LogP contribution in [0.3, 0.4) is 0 Å². The second-order valence-corrected chi connectivity index (χ2v) is 4.61. The highest BCUT2D eigenvalue weighted by atomic mass is 16.7. The Hall–Kier alpha value is -1.35.